The molecule has 0 aromatic heterocycles. The normalized spacial score (nSPS) is 11.3. The molecule has 0 spiro atoms. The van der Waals surface area contributed by atoms with Gasteiger partial charge in [-0.15, -0.1) is 24.0 Å². The summed E-state index contributed by atoms with van der Waals surface area (Å²) in [5, 5.41) is 6.08. The Morgan fingerprint density at radius 1 is 1.26 bits per heavy atom. The van der Waals surface area contributed by atoms with Crippen LogP contribution in [0.2, 0.25) is 0 Å². The van der Waals surface area contributed by atoms with Crippen molar-refractivity contribution in [3.8, 4) is 0 Å². The number of benzene rings is 1. The molecule has 0 bridgehead atoms. The van der Waals surface area contributed by atoms with Gasteiger partial charge in [0, 0.05) is 45.9 Å². The molecule has 5 nitrogen and oxygen atoms in total. The number of halogens is 3. The van der Waals surface area contributed by atoms with Crippen LogP contribution in [-0.2, 0) is 11.3 Å². The lowest BCUT2D eigenvalue weighted by atomic mass is 10.2. The van der Waals surface area contributed by atoms with E-state index >= 15 is 0 Å². The Morgan fingerprint density at radius 3 is 2.65 bits per heavy atom. The van der Waals surface area contributed by atoms with Gasteiger partial charge < -0.3 is 20.3 Å². The summed E-state index contributed by atoms with van der Waals surface area (Å²) in [6, 6.07) is 3.39. The van der Waals surface area contributed by atoms with Gasteiger partial charge >= 0.3 is 0 Å². The zero-order valence-electron chi connectivity index (χ0n) is 13.7. The Balaban J connectivity index is 0.00000484. The monoisotopic (exact) mass is 442 g/mol. The SMILES string of the molecule is CN=C(NCCN(C)CCOC)NCc1cc(F)ccc1F.I. The lowest BCUT2D eigenvalue weighted by Gasteiger charge is -2.18. The van der Waals surface area contributed by atoms with Crippen LogP contribution in [0.3, 0.4) is 0 Å². The van der Waals surface area contributed by atoms with Crippen molar-refractivity contribution in [1.29, 1.82) is 0 Å². The number of hydrogen-bond acceptors (Lipinski definition) is 3. The van der Waals surface area contributed by atoms with Crippen LogP contribution >= 0.6 is 24.0 Å². The first-order valence-electron chi connectivity index (χ1n) is 7.12. The summed E-state index contributed by atoms with van der Waals surface area (Å²) in [6.45, 7) is 3.20. The van der Waals surface area contributed by atoms with E-state index in [2.05, 4.69) is 20.5 Å². The number of hydrogen-bond donors (Lipinski definition) is 2. The Bertz CT molecular complexity index is 489. The van der Waals surface area contributed by atoms with Gasteiger partial charge in [0.05, 0.1) is 6.61 Å². The van der Waals surface area contributed by atoms with Crippen molar-refractivity contribution < 1.29 is 13.5 Å². The summed E-state index contributed by atoms with van der Waals surface area (Å²) in [5.41, 5.74) is 0.264. The van der Waals surface area contributed by atoms with Gasteiger partial charge in [0.2, 0.25) is 0 Å². The summed E-state index contributed by atoms with van der Waals surface area (Å²) in [7, 11) is 5.30. The van der Waals surface area contributed by atoms with Crippen LogP contribution in [0.15, 0.2) is 23.2 Å². The van der Waals surface area contributed by atoms with Gasteiger partial charge in [-0.3, -0.25) is 4.99 Å². The summed E-state index contributed by atoms with van der Waals surface area (Å²) in [6.07, 6.45) is 0. The molecule has 23 heavy (non-hydrogen) atoms. The Morgan fingerprint density at radius 2 is 2.00 bits per heavy atom. The first-order chi connectivity index (χ1) is 10.6. The molecule has 0 unspecified atom stereocenters. The van der Waals surface area contributed by atoms with Gasteiger partial charge in [-0.2, -0.15) is 0 Å². The molecule has 0 saturated carbocycles. The maximum absolute atomic E-state index is 13.5. The molecular weight excluding hydrogens is 417 g/mol. The van der Waals surface area contributed by atoms with Crippen molar-refractivity contribution in [2.24, 2.45) is 4.99 Å². The molecule has 132 valence electrons. The number of nitrogens with zero attached hydrogens (tertiary/aromatic N) is 2. The standard InChI is InChI=1S/C15H24F2N4O.HI/c1-18-15(19-6-7-21(2)8-9-22-3)20-11-12-10-13(16)4-5-14(12)17;/h4-5,10H,6-9,11H2,1-3H3,(H2,18,19,20);1H. The average Bonchev–Trinajstić information content (AvgIpc) is 2.51. The molecule has 0 aliphatic carbocycles. The van der Waals surface area contributed by atoms with Crippen molar-refractivity contribution in [3.05, 3.63) is 35.4 Å². The smallest absolute Gasteiger partial charge is 0.191 e. The molecule has 0 heterocycles. The highest BCUT2D eigenvalue weighted by Crippen LogP contribution is 2.08. The third kappa shape index (κ3) is 9.01. The van der Waals surface area contributed by atoms with E-state index in [1.807, 2.05) is 7.05 Å². The van der Waals surface area contributed by atoms with Crippen LogP contribution in [0.1, 0.15) is 5.56 Å². The molecule has 0 atom stereocenters. The number of rotatable bonds is 8. The van der Waals surface area contributed by atoms with Crippen molar-refractivity contribution in [1.82, 2.24) is 15.5 Å². The molecule has 0 fully saturated rings. The van der Waals surface area contributed by atoms with Crippen molar-refractivity contribution in [2.45, 2.75) is 6.54 Å². The third-order valence-corrected chi connectivity index (χ3v) is 3.14. The first kappa shape index (κ1) is 22.0. The van der Waals surface area contributed by atoms with Crippen molar-refractivity contribution >= 4 is 29.9 Å². The predicted molar refractivity (Wildman–Crippen MR) is 99.3 cm³/mol. The quantitative estimate of drug-likeness (QED) is 0.367. The lowest BCUT2D eigenvalue weighted by molar-refractivity contribution is 0.162. The van der Waals surface area contributed by atoms with Crippen molar-refractivity contribution in [3.63, 3.8) is 0 Å². The van der Waals surface area contributed by atoms with E-state index in [4.69, 9.17) is 4.74 Å². The first-order valence-corrected chi connectivity index (χ1v) is 7.12. The third-order valence-electron chi connectivity index (χ3n) is 3.14. The molecule has 1 aromatic carbocycles. The minimum Gasteiger partial charge on any atom is -0.383 e. The number of methoxy groups -OCH3 is 1. The molecule has 0 aliphatic rings. The van der Waals surface area contributed by atoms with E-state index in [1.165, 1.54) is 6.07 Å². The number of nitrogens with one attached hydrogen (secondary N) is 2. The average molecular weight is 442 g/mol. The highest BCUT2D eigenvalue weighted by molar-refractivity contribution is 14.0. The van der Waals surface area contributed by atoms with Gasteiger partial charge in [-0.05, 0) is 25.2 Å². The van der Waals surface area contributed by atoms with E-state index in [9.17, 15) is 8.78 Å². The zero-order valence-corrected chi connectivity index (χ0v) is 16.1. The second-order valence-electron chi connectivity index (χ2n) is 4.88. The van der Waals surface area contributed by atoms with Gasteiger partial charge in [-0.1, -0.05) is 0 Å². The summed E-state index contributed by atoms with van der Waals surface area (Å²) in [5.74, 6) is -0.353. The van der Waals surface area contributed by atoms with Crippen LogP contribution in [0, 0.1) is 11.6 Å². The number of likely N-dealkylation sites (N-methyl/N-ethyl adjacent to an activating group) is 1. The Hall–Kier alpha value is -1.00. The number of aliphatic imine (C=N–C) groups is 1. The van der Waals surface area contributed by atoms with Gasteiger partial charge in [0.15, 0.2) is 5.96 Å². The molecule has 1 rings (SSSR count). The summed E-state index contributed by atoms with van der Waals surface area (Å²) < 4.78 is 31.6. The predicted octanol–water partition coefficient (Wildman–Crippen LogP) is 1.83. The fourth-order valence-electron chi connectivity index (χ4n) is 1.80. The van der Waals surface area contributed by atoms with Crippen LogP contribution in [0.4, 0.5) is 8.78 Å². The van der Waals surface area contributed by atoms with Gasteiger partial charge in [0.25, 0.3) is 0 Å². The second kappa shape index (κ2) is 12.4. The molecule has 0 aliphatic heterocycles. The molecular formula is C15H25F2IN4O. The van der Waals surface area contributed by atoms with E-state index in [1.54, 1.807) is 14.2 Å². The Kier molecular flexibility index (Phi) is 11.9. The van der Waals surface area contributed by atoms with E-state index in [-0.39, 0.29) is 36.1 Å². The van der Waals surface area contributed by atoms with Crippen molar-refractivity contribution in [2.75, 3.05) is 47.4 Å². The highest BCUT2D eigenvalue weighted by atomic mass is 127. The van der Waals surface area contributed by atoms with Crippen LogP contribution in [-0.4, -0.2) is 58.3 Å². The molecule has 0 saturated heterocycles. The van der Waals surface area contributed by atoms with Gasteiger partial charge in [0.1, 0.15) is 11.6 Å². The van der Waals surface area contributed by atoms with Gasteiger partial charge in [-0.25, -0.2) is 8.78 Å². The highest BCUT2D eigenvalue weighted by Gasteiger charge is 2.05. The maximum Gasteiger partial charge on any atom is 0.191 e. The largest absolute Gasteiger partial charge is 0.383 e. The number of guanidine groups is 1. The molecule has 0 amide bonds. The van der Waals surface area contributed by atoms with E-state index < -0.39 is 11.6 Å². The minimum atomic E-state index is -0.457. The van der Waals surface area contributed by atoms with Crippen LogP contribution in [0.5, 0.6) is 0 Å². The molecule has 2 N–H and O–H groups in total. The fraction of sp³-hybridized carbons (Fsp3) is 0.533. The summed E-state index contributed by atoms with van der Waals surface area (Å²) in [4.78, 5) is 6.17. The van der Waals surface area contributed by atoms with E-state index in [0.717, 1.165) is 25.2 Å². The molecule has 0 radical (unpaired) electrons. The second-order valence-corrected chi connectivity index (χ2v) is 4.88. The summed E-state index contributed by atoms with van der Waals surface area (Å²) >= 11 is 0. The van der Waals surface area contributed by atoms with Crippen LogP contribution in [0.25, 0.3) is 0 Å². The zero-order chi connectivity index (χ0) is 16.4. The van der Waals surface area contributed by atoms with E-state index in [0.29, 0.717) is 19.1 Å². The van der Waals surface area contributed by atoms with Crippen LogP contribution < -0.4 is 10.6 Å². The lowest BCUT2D eigenvalue weighted by Crippen LogP contribution is -2.41. The molecule has 8 heteroatoms. The fourth-order valence-corrected chi connectivity index (χ4v) is 1.80. The number of ether oxygens (including phenoxy) is 1. The molecule has 1 aromatic rings. The minimum absolute atomic E-state index is 0. The Labute approximate surface area is 153 Å². The topological polar surface area (TPSA) is 48.9 Å². The maximum atomic E-state index is 13.5.